The van der Waals surface area contributed by atoms with Crippen LogP contribution in [0.25, 0.3) is 0 Å². The Balaban J connectivity index is 2.00. The molecular formula is C14H19BrN2O. The number of rotatable bonds is 4. The van der Waals surface area contributed by atoms with E-state index in [4.69, 9.17) is 0 Å². The van der Waals surface area contributed by atoms with Crippen LogP contribution < -0.4 is 10.6 Å². The zero-order valence-corrected chi connectivity index (χ0v) is 12.2. The Morgan fingerprint density at radius 2 is 2.22 bits per heavy atom. The van der Waals surface area contributed by atoms with Gasteiger partial charge in [-0.3, -0.25) is 4.79 Å². The predicted molar refractivity (Wildman–Crippen MR) is 76.3 cm³/mol. The third-order valence-corrected chi connectivity index (χ3v) is 3.90. The van der Waals surface area contributed by atoms with Gasteiger partial charge in [0.2, 0.25) is 5.91 Å². The molecule has 98 valence electrons. The van der Waals surface area contributed by atoms with Crippen LogP contribution in [0.15, 0.2) is 28.7 Å². The highest BCUT2D eigenvalue weighted by molar-refractivity contribution is 9.10. The predicted octanol–water partition coefficient (Wildman–Crippen LogP) is 2.77. The molecule has 1 aromatic carbocycles. The molecule has 2 N–H and O–H groups in total. The first-order chi connectivity index (χ1) is 8.70. The maximum Gasteiger partial charge on any atom is 0.237 e. The average Bonchev–Trinajstić information content (AvgIpc) is 2.91. The fourth-order valence-corrected chi connectivity index (χ4v) is 2.56. The Hall–Kier alpha value is -0.870. The molecule has 18 heavy (non-hydrogen) atoms. The number of carbonyl (C=O) groups is 1. The van der Waals surface area contributed by atoms with Gasteiger partial charge in [0.05, 0.1) is 12.1 Å². The van der Waals surface area contributed by atoms with Crippen LogP contribution in [0.4, 0.5) is 0 Å². The Bertz CT molecular complexity index is 399. The third-order valence-electron chi connectivity index (χ3n) is 3.37. The van der Waals surface area contributed by atoms with E-state index in [-0.39, 0.29) is 18.0 Å². The lowest BCUT2D eigenvalue weighted by atomic mass is 10.0. The fraction of sp³-hybridized carbons (Fsp3) is 0.500. The zero-order chi connectivity index (χ0) is 13.0. The van der Waals surface area contributed by atoms with Gasteiger partial charge < -0.3 is 10.6 Å². The molecule has 3 nitrogen and oxygen atoms in total. The highest BCUT2D eigenvalue weighted by Gasteiger charge is 2.24. The topological polar surface area (TPSA) is 41.1 Å². The summed E-state index contributed by atoms with van der Waals surface area (Å²) in [4.78, 5) is 12.1. The number of benzene rings is 1. The van der Waals surface area contributed by atoms with Crippen molar-refractivity contribution >= 4 is 21.8 Å². The molecule has 1 fully saturated rings. The van der Waals surface area contributed by atoms with E-state index in [9.17, 15) is 4.79 Å². The van der Waals surface area contributed by atoms with Crippen LogP contribution in [0.2, 0.25) is 0 Å². The monoisotopic (exact) mass is 310 g/mol. The maximum absolute atomic E-state index is 12.1. The van der Waals surface area contributed by atoms with Crippen LogP contribution in [0.1, 0.15) is 37.8 Å². The van der Waals surface area contributed by atoms with E-state index < -0.39 is 0 Å². The Morgan fingerprint density at radius 3 is 2.78 bits per heavy atom. The molecular weight excluding hydrogens is 292 g/mol. The van der Waals surface area contributed by atoms with Gasteiger partial charge in [0.15, 0.2) is 0 Å². The lowest BCUT2D eigenvalue weighted by Gasteiger charge is -2.20. The summed E-state index contributed by atoms with van der Waals surface area (Å²) in [6.07, 6.45) is 2.94. The minimum Gasteiger partial charge on any atom is -0.348 e. The van der Waals surface area contributed by atoms with Gasteiger partial charge in [0.1, 0.15) is 0 Å². The van der Waals surface area contributed by atoms with Crippen LogP contribution >= 0.6 is 15.9 Å². The van der Waals surface area contributed by atoms with Crippen molar-refractivity contribution in [3.05, 3.63) is 34.3 Å². The second-order valence-electron chi connectivity index (χ2n) is 4.67. The van der Waals surface area contributed by atoms with Gasteiger partial charge in [-0.2, -0.15) is 0 Å². The van der Waals surface area contributed by atoms with Gasteiger partial charge in [-0.25, -0.2) is 0 Å². The number of carbonyl (C=O) groups excluding carboxylic acids is 1. The molecule has 0 aromatic heterocycles. The first-order valence-electron chi connectivity index (χ1n) is 6.50. The summed E-state index contributed by atoms with van der Waals surface area (Å²) < 4.78 is 1.06. The summed E-state index contributed by atoms with van der Waals surface area (Å²) in [7, 11) is 0. The van der Waals surface area contributed by atoms with Crippen LogP contribution in [-0.4, -0.2) is 18.5 Å². The van der Waals surface area contributed by atoms with Crippen LogP contribution in [0, 0.1) is 0 Å². The number of amides is 1. The Morgan fingerprint density at radius 1 is 1.50 bits per heavy atom. The minimum atomic E-state index is -0.00509. The molecule has 1 heterocycles. The van der Waals surface area contributed by atoms with Crippen molar-refractivity contribution in [3.63, 3.8) is 0 Å². The standard InChI is InChI=1S/C14H19BrN2O/c1-2-12(10-5-7-11(15)8-6-10)17-14(18)13-4-3-9-16-13/h5-8,12-13,16H,2-4,9H2,1H3,(H,17,18)/t12?,13-/m0/s1. The average molecular weight is 311 g/mol. The molecule has 0 saturated carbocycles. The van der Waals surface area contributed by atoms with E-state index in [1.165, 1.54) is 0 Å². The molecule has 1 aliphatic rings. The molecule has 1 saturated heterocycles. The molecule has 2 rings (SSSR count). The molecule has 2 atom stereocenters. The van der Waals surface area contributed by atoms with E-state index in [1.54, 1.807) is 0 Å². The molecule has 1 aromatic rings. The van der Waals surface area contributed by atoms with Crippen molar-refractivity contribution in [2.45, 2.75) is 38.3 Å². The van der Waals surface area contributed by atoms with Crippen molar-refractivity contribution in [3.8, 4) is 0 Å². The molecule has 0 spiro atoms. The van der Waals surface area contributed by atoms with Crippen molar-refractivity contribution in [2.24, 2.45) is 0 Å². The van der Waals surface area contributed by atoms with Crippen molar-refractivity contribution in [1.82, 2.24) is 10.6 Å². The Kier molecular flexibility index (Phi) is 4.78. The van der Waals surface area contributed by atoms with E-state index in [0.717, 1.165) is 35.8 Å². The van der Waals surface area contributed by atoms with Gasteiger partial charge in [-0.15, -0.1) is 0 Å². The third kappa shape index (κ3) is 3.33. The second kappa shape index (κ2) is 6.34. The van der Waals surface area contributed by atoms with Crippen LogP contribution in [0.3, 0.4) is 0 Å². The SMILES string of the molecule is CCC(NC(=O)[C@@H]1CCCN1)c1ccc(Br)cc1. The minimum absolute atomic E-state index is 0.00509. The summed E-state index contributed by atoms with van der Waals surface area (Å²) in [5.74, 6) is 0.127. The van der Waals surface area contributed by atoms with E-state index in [0.29, 0.717) is 0 Å². The second-order valence-corrected chi connectivity index (χ2v) is 5.59. The van der Waals surface area contributed by atoms with Gasteiger partial charge in [-0.1, -0.05) is 35.0 Å². The summed E-state index contributed by atoms with van der Waals surface area (Å²) in [5, 5.41) is 6.35. The molecule has 4 heteroatoms. The zero-order valence-electron chi connectivity index (χ0n) is 10.6. The number of hydrogen-bond acceptors (Lipinski definition) is 2. The van der Waals surface area contributed by atoms with Crippen molar-refractivity contribution < 1.29 is 4.79 Å². The fourth-order valence-electron chi connectivity index (χ4n) is 2.30. The highest BCUT2D eigenvalue weighted by atomic mass is 79.9. The summed E-state index contributed by atoms with van der Waals surface area (Å²) in [5.41, 5.74) is 1.16. The van der Waals surface area contributed by atoms with Crippen molar-refractivity contribution in [1.29, 1.82) is 0 Å². The first kappa shape index (κ1) is 13.6. The summed E-state index contributed by atoms with van der Waals surface area (Å²) in [6.45, 7) is 3.04. The van der Waals surface area contributed by atoms with Gasteiger partial charge >= 0.3 is 0 Å². The maximum atomic E-state index is 12.1. The molecule has 1 aliphatic heterocycles. The van der Waals surface area contributed by atoms with E-state index in [1.807, 2.05) is 12.1 Å². The molecule has 0 bridgehead atoms. The first-order valence-corrected chi connectivity index (χ1v) is 7.29. The van der Waals surface area contributed by atoms with Gasteiger partial charge in [-0.05, 0) is 43.5 Å². The normalized spacial score (nSPS) is 20.7. The lowest BCUT2D eigenvalue weighted by Crippen LogP contribution is -2.41. The highest BCUT2D eigenvalue weighted by Crippen LogP contribution is 2.20. The van der Waals surface area contributed by atoms with E-state index in [2.05, 4.69) is 45.6 Å². The van der Waals surface area contributed by atoms with Crippen LogP contribution in [-0.2, 0) is 4.79 Å². The summed E-state index contributed by atoms with van der Waals surface area (Å²) >= 11 is 3.42. The number of halogens is 1. The molecule has 1 amide bonds. The van der Waals surface area contributed by atoms with E-state index >= 15 is 0 Å². The molecule has 0 aliphatic carbocycles. The quantitative estimate of drug-likeness (QED) is 0.898. The van der Waals surface area contributed by atoms with Gasteiger partial charge in [0, 0.05) is 4.47 Å². The Labute approximate surface area is 116 Å². The number of nitrogens with one attached hydrogen (secondary N) is 2. The summed E-state index contributed by atoms with van der Waals surface area (Å²) in [6, 6.07) is 8.24. The molecule has 1 unspecified atom stereocenters. The van der Waals surface area contributed by atoms with Crippen LogP contribution in [0.5, 0.6) is 0 Å². The number of hydrogen-bond donors (Lipinski definition) is 2. The van der Waals surface area contributed by atoms with Crippen molar-refractivity contribution in [2.75, 3.05) is 6.54 Å². The largest absolute Gasteiger partial charge is 0.348 e. The van der Waals surface area contributed by atoms with Gasteiger partial charge in [0.25, 0.3) is 0 Å². The lowest BCUT2D eigenvalue weighted by molar-refractivity contribution is -0.123. The smallest absolute Gasteiger partial charge is 0.237 e. The molecule has 0 radical (unpaired) electrons.